The molecule has 0 aliphatic heterocycles. The van der Waals surface area contributed by atoms with E-state index in [2.05, 4.69) is 5.10 Å². The van der Waals surface area contributed by atoms with Crippen LogP contribution in [0.4, 0.5) is 5.69 Å². The summed E-state index contributed by atoms with van der Waals surface area (Å²) in [5.74, 6) is 0. The molecule has 7 heteroatoms. The number of sulfone groups is 1. The smallest absolute Gasteiger partial charge is 0.178 e. The number of nitrogens with zero attached hydrogens (tertiary/aromatic N) is 2. The number of hydrogen-bond donors (Lipinski definition) is 1. The van der Waals surface area contributed by atoms with Crippen LogP contribution in [-0.4, -0.2) is 24.5 Å². The van der Waals surface area contributed by atoms with Gasteiger partial charge in [0, 0.05) is 23.2 Å². The average molecular weight is 286 g/mol. The van der Waals surface area contributed by atoms with Crippen LogP contribution in [0.25, 0.3) is 0 Å². The van der Waals surface area contributed by atoms with Gasteiger partial charge in [0.2, 0.25) is 0 Å². The summed E-state index contributed by atoms with van der Waals surface area (Å²) in [6, 6.07) is 5.18. The highest BCUT2D eigenvalue weighted by Crippen LogP contribution is 2.20. The molecule has 1 aromatic heterocycles. The van der Waals surface area contributed by atoms with Crippen LogP contribution in [0, 0.1) is 0 Å². The Bertz CT molecular complexity index is 679. The molecule has 0 aliphatic carbocycles. The molecule has 18 heavy (non-hydrogen) atoms. The van der Waals surface area contributed by atoms with Gasteiger partial charge in [0.15, 0.2) is 9.84 Å². The summed E-state index contributed by atoms with van der Waals surface area (Å²) in [6.45, 7) is 0.397. The fourth-order valence-electron chi connectivity index (χ4n) is 1.49. The maximum absolute atomic E-state index is 11.3. The number of nitrogen functional groups attached to an aromatic ring is 1. The van der Waals surface area contributed by atoms with Crippen molar-refractivity contribution in [3.63, 3.8) is 0 Å². The third-order valence-electron chi connectivity index (χ3n) is 2.45. The van der Waals surface area contributed by atoms with Crippen LogP contribution in [0.5, 0.6) is 0 Å². The fourth-order valence-corrected chi connectivity index (χ4v) is 2.29. The van der Waals surface area contributed by atoms with E-state index in [0.29, 0.717) is 17.3 Å². The minimum atomic E-state index is -3.23. The first kappa shape index (κ1) is 12.9. The van der Waals surface area contributed by atoms with Crippen molar-refractivity contribution >= 4 is 27.1 Å². The normalized spacial score (nSPS) is 11.7. The summed E-state index contributed by atoms with van der Waals surface area (Å²) in [5, 5.41) is 4.52. The molecule has 0 atom stereocenters. The molecule has 0 saturated heterocycles. The van der Waals surface area contributed by atoms with E-state index in [1.165, 1.54) is 17.1 Å². The van der Waals surface area contributed by atoms with Crippen molar-refractivity contribution in [1.29, 1.82) is 0 Å². The molecule has 5 nitrogen and oxygen atoms in total. The number of halogens is 1. The molecule has 96 valence electrons. The lowest BCUT2D eigenvalue weighted by molar-refractivity contribution is 0.601. The zero-order chi connectivity index (χ0) is 13.3. The van der Waals surface area contributed by atoms with Gasteiger partial charge in [0.1, 0.15) is 4.90 Å². The van der Waals surface area contributed by atoms with E-state index in [1.54, 1.807) is 18.2 Å². The lowest BCUT2D eigenvalue weighted by Gasteiger charge is -2.05. The van der Waals surface area contributed by atoms with Gasteiger partial charge in [-0.3, -0.25) is 4.68 Å². The Labute approximate surface area is 110 Å². The highest BCUT2D eigenvalue weighted by atomic mass is 35.5. The van der Waals surface area contributed by atoms with Crippen LogP contribution < -0.4 is 5.73 Å². The summed E-state index contributed by atoms with van der Waals surface area (Å²) >= 11 is 6.04. The minimum Gasteiger partial charge on any atom is -0.399 e. The molecule has 0 fully saturated rings. The predicted octanol–water partition coefficient (Wildman–Crippen LogP) is 1.57. The average Bonchev–Trinajstić information content (AvgIpc) is 2.70. The van der Waals surface area contributed by atoms with Gasteiger partial charge in [-0.25, -0.2) is 8.42 Å². The first-order valence-electron chi connectivity index (χ1n) is 5.12. The molecule has 0 bridgehead atoms. The van der Waals surface area contributed by atoms with Crippen molar-refractivity contribution in [3.8, 4) is 0 Å². The largest absolute Gasteiger partial charge is 0.399 e. The second kappa shape index (κ2) is 4.62. The van der Waals surface area contributed by atoms with Gasteiger partial charge in [-0.1, -0.05) is 17.7 Å². The zero-order valence-electron chi connectivity index (χ0n) is 9.67. The molecule has 2 aromatic rings. The maximum Gasteiger partial charge on any atom is 0.178 e. The van der Waals surface area contributed by atoms with E-state index in [1.807, 2.05) is 0 Å². The molecule has 1 heterocycles. The van der Waals surface area contributed by atoms with Crippen molar-refractivity contribution in [3.05, 3.63) is 41.2 Å². The van der Waals surface area contributed by atoms with E-state index in [0.717, 1.165) is 11.8 Å². The van der Waals surface area contributed by atoms with E-state index >= 15 is 0 Å². The number of nitrogens with two attached hydrogens (primary N) is 1. The molecule has 0 aliphatic rings. The van der Waals surface area contributed by atoms with Gasteiger partial charge >= 0.3 is 0 Å². The van der Waals surface area contributed by atoms with Crippen LogP contribution in [0.3, 0.4) is 0 Å². The summed E-state index contributed by atoms with van der Waals surface area (Å²) in [6.07, 6.45) is 3.94. The molecule has 0 radical (unpaired) electrons. The van der Waals surface area contributed by atoms with E-state index < -0.39 is 9.84 Å². The third kappa shape index (κ3) is 2.83. The van der Waals surface area contributed by atoms with Gasteiger partial charge in [-0.15, -0.1) is 0 Å². The number of rotatable bonds is 3. The molecule has 0 amide bonds. The third-order valence-corrected chi connectivity index (χ3v) is 3.87. The highest BCUT2D eigenvalue weighted by Gasteiger charge is 2.10. The monoisotopic (exact) mass is 285 g/mol. The molecule has 0 spiro atoms. The van der Waals surface area contributed by atoms with Crippen molar-refractivity contribution in [1.82, 2.24) is 9.78 Å². The number of anilines is 1. The number of hydrogen-bond acceptors (Lipinski definition) is 4. The molecule has 1 aromatic carbocycles. The molecule has 0 unspecified atom stereocenters. The van der Waals surface area contributed by atoms with Crippen LogP contribution >= 0.6 is 11.6 Å². The van der Waals surface area contributed by atoms with Gasteiger partial charge < -0.3 is 5.73 Å². The van der Waals surface area contributed by atoms with Crippen LogP contribution in [0.1, 0.15) is 5.56 Å². The Morgan fingerprint density at radius 1 is 1.44 bits per heavy atom. The second-order valence-electron chi connectivity index (χ2n) is 4.00. The Morgan fingerprint density at radius 2 is 2.17 bits per heavy atom. The Balaban J connectivity index is 2.27. The van der Waals surface area contributed by atoms with E-state index in [-0.39, 0.29) is 4.90 Å². The fraction of sp³-hybridized carbons (Fsp3) is 0.182. The summed E-state index contributed by atoms with van der Waals surface area (Å²) in [4.78, 5) is 0.189. The highest BCUT2D eigenvalue weighted by molar-refractivity contribution is 7.90. The number of benzene rings is 1. The van der Waals surface area contributed by atoms with Gasteiger partial charge in [-0.2, -0.15) is 5.10 Å². The Morgan fingerprint density at radius 3 is 2.72 bits per heavy atom. The van der Waals surface area contributed by atoms with Gasteiger partial charge in [-0.05, 0) is 17.7 Å². The number of aromatic nitrogens is 2. The molecule has 0 saturated carbocycles. The van der Waals surface area contributed by atoms with Crippen molar-refractivity contribution < 1.29 is 8.42 Å². The van der Waals surface area contributed by atoms with Crippen LogP contribution in [0.2, 0.25) is 5.02 Å². The quantitative estimate of drug-likeness (QED) is 0.868. The van der Waals surface area contributed by atoms with Crippen molar-refractivity contribution in [2.45, 2.75) is 11.4 Å². The zero-order valence-corrected chi connectivity index (χ0v) is 11.2. The topological polar surface area (TPSA) is 78.0 Å². The summed E-state index contributed by atoms with van der Waals surface area (Å²) < 4.78 is 24.2. The van der Waals surface area contributed by atoms with Gasteiger partial charge in [0.05, 0.1) is 12.7 Å². The van der Waals surface area contributed by atoms with Crippen molar-refractivity contribution in [2.75, 3.05) is 12.0 Å². The SMILES string of the molecule is CS(=O)(=O)c1cnn(Cc2ccc(N)cc2Cl)c1. The lowest BCUT2D eigenvalue weighted by atomic mass is 10.2. The standard InChI is InChI=1S/C11H12ClN3O2S/c1-18(16,17)10-5-14-15(7-10)6-8-2-3-9(13)4-11(8)12/h2-5,7H,6,13H2,1H3. The Hall–Kier alpha value is -1.53. The summed E-state index contributed by atoms with van der Waals surface area (Å²) in [7, 11) is -3.23. The molecular formula is C11H12ClN3O2S. The van der Waals surface area contributed by atoms with Crippen molar-refractivity contribution in [2.24, 2.45) is 0 Å². The molecular weight excluding hydrogens is 274 g/mol. The first-order chi connectivity index (χ1) is 8.36. The van der Waals surface area contributed by atoms with E-state index in [9.17, 15) is 8.42 Å². The van der Waals surface area contributed by atoms with Gasteiger partial charge in [0.25, 0.3) is 0 Å². The minimum absolute atomic E-state index is 0.189. The summed E-state index contributed by atoms with van der Waals surface area (Å²) in [5.41, 5.74) is 7.01. The first-order valence-corrected chi connectivity index (χ1v) is 7.39. The lowest BCUT2D eigenvalue weighted by Crippen LogP contribution is -2.01. The predicted molar refractivity (Wildman–Crippen MR) is 70.3 cm³/mol. The second-order valence-corrected chi connectivity index (χ2v) is 6.42. The maximum atomic E-state index is 11.3. The molecule has 2 rings (SSSR count). The van der Waals surface area contributed by atoms with Crippen LogP contribution in [0.15, 0.2) is 35.5 Å². The van der Waals surface area contributed by atoms with E-state index in [4.69, 9.17) is 17.3 Å². The van der Waals surface area contributed by atoms with Crippen LogP contribution in [-0.2, 0) is 16.4 Å². The Kier molecular flexibility index (Phi) is 3.32. The molecule has 2 N–H and O–H groups in total.